The number of carbonyl (C=O) groups is 1. The van der Waals surface area contributed by atoms with Crippen molar-refractivity contribution in [3.05, 3.63) is 0 Å². The van der Waals surface area contributed by atoms with Gasteiger partial charge in [-0.25, -0.2) is 0 Å². The summed E-state index contributed by atoms with van der Waals surface area (Å²) in [5.74, 6) is 0.0869. The molecule has 1 fully saturated rings. The molecule has 88 valence electrons. The highest BCUT2D eigenvalue weighted by Crippen LogP contribution is 2.15. The van der Waals surface area contributed by atoms with Gasteiger partial charge in [0.15, 0.2) is 0 Å². The molecule has 0 spiro atoms. The van der Waals surface area contributed by atoms with Gasteiger partial charge >= 0.3 is 0 Å². The van der Waals surface area contributed by atoms with Crippen LogP contribution >= 0.6 is 0 Å². The van der Waals surface area contributed by atoms with Crippen molar-refractivity contribution in [3.8, 4) is 0 Å². The minimum atomic E-state index is 0.0869. The summed E-state index contributed by atoms with van der Waals surface area (Å²) in [4.78, 5) is 13.6. The van der Waals surface area contributed by atoms with Crippen LogP contribution in [0, 0.1) is 0 Å². The van der Waals surface area contributed by atoms with Crippen molar-refractivity contribution in [1.82, 2.24) is 10.2 Å². The van der Waals surface area contributed by atoms with Crippen LogP contribution in [0.25, 0.3) is 0 Å². The lowest BCUT2D eigenvalue weighted by atomic mass is 10.2. The predicted octanol–water partition coefficient (Wildman–Crippen LogP) is 0.359. The monoisotopic (exact) mass is 214 g/mol. The van der Waals surface area contributed by atoms with Gasteiger partial charge in [0.1, 0.15) is 0 Å². The Morgan fingerprint density at radius 1 is 1.60 bits per heavy atom. The minimum Gasteiger partial charge on any atom is -0.395 e. The standard InChI is InChI=1S/C11H22N2O2/c1-2-3-6-12-11(15)8-13-7-4-5-10(13)9-14/h10,14H,2-9H2,1H3,(H,12,15)/t10-/m0/s1. The molecular weight excluding hydrogens is 192 g/mol. The molecule has 1 atom stereocenters. The summed E-state index contributed by atoms with van der Waals surface area (Å²) in [7, 11) is 0. The Morgan fingerprint density at radius 2 is 2.40 bits per heavy atom. The first kappa shape index (κ1) is 12.5. The van der Waals surface area contributed by atoms with E-state index in [1.54, 1.807) is 0 Å². The topological polar surface area (TPSA) is 52.6 Å². The number of rotatable bonds is 6. The Balaban J connectivity index is 2.19. The lowest BCUT2D eigenvalue weighted by Crippen LogP contribution is -2.41. The van der Waals surface area contributed by atoms with E-state index >= 15 is 0 Å². The lowest BCUT2D eigenvalue weighted by Gasteiger charge is -2.21. The van der Waals surface area contributed by atoms with Gasteiger partial charge in [0.25, 0.3) is 0 Å². The van der Waals surface area contributed by atoms with Gasteiger partial charge in [-0.15, -0.1) is 0 Å². The highest BCUT2D eigenvalue weighted by Gasteiger charge is 2.24. The van der Waals surface area contributed by atoms with Gasteiger partial charge in [-0.3, -0.25) is 9.69 Å². The molecule has 1 rings (SSSR count). The van der Waals surface area contributed by atoms with Crippen LogP contribution in [0.4, 0.5) is 0 Å². The second kappa shape index (κ2) is 6.80. The zero-order valence-corrected chi connectivity index (χ0v) is 9.54. The summed E-state index contributed by atoms with van der Waals surface area (Å²) in [6, 6.07) is 0.196. The van der Waals surface area contributed by atoms with E-state index in [0.717, 1.165) is 38.8 Å². The van der Waals surface area contributed by atoms with E-state index < -0.39 is 0 Å². The Hall–Kier alpha value is -0.610. The Labute approximate surface area is 91.6 Å². The summed E-state index contributed by atoms with van der Waals surface area (Å²) in [6.45, 7) is 4.42. The maximum atomic E-state index is 11.5. The molecule has 1 saturated heterocycles. The van der Waals surface area contributed by atoms with Crippen LogP contribution in [-0.2, 0) is 4.79 Å². The first-order valence-corrected chi connectivity index (χ1v) is 5.89. The molecule has 1 amide bonds. The molecule has 4 nitrogen and oxygen atoms in total. The molecule has 1 heterocycles. The van der Waals surface area contributed by atoms with E-state index in [9.17, 15) is 4.79 Å². The van der Waals surface area contributed by atoms with Crippen molar-refractivity contribution in [3.63, 3.8) is 0 Å². The quantitative estimate of drug-likeness (QED) is 0.628. The van der Waals surface area contributed by atoms with Gasteiger partial charge in [0.05, 0.1) is 13.2 Å². The third kappa shape index (κ3) is 4.18. The second-order valence-corrected chi connectivity index (χ2v) is 4.15. The molecule has 4 heteroatoms. The van der Waals surface area contributed by atoms with E-state index in [1.165, 1.54) is 0 Å². The van der Waals surface area contributed by atoms with E-state index in [-0.39, 0.29) is 18.6 Å². The van der Waals surface area contributed by atoms with Crippen molar-refractivity contribution in [2.24, 2.45) is 0 Å². The molecule has 0 aromatic heterocycles. The number of unbranched alkanes of at least 4 members (excludes halogenated alkanes) is 1. The molecule has 0 bridgehead atoms. The number of aliphatic hydroxyl groups is 1. The third-order valence-corrected chi connectivity index (χ3v) is 2.91. The Morgan fingerprint density at radius 3 is 3.07 bits per heavy atom. The lowest BCUT2D eigenvalue weighted by molar-refractivity contribution is -0.122. The number of aliphatic hydroxyl groups excluding tert-OH is 1. The van der Waals surface area contributed by atoms with Gasteiger partial charge in [0, 0.05) is 12.6 Å². The van der Waals surface area contributed by atoms with Crippen molar-refractivity contribution in [2.45, 2.75) is 38.6 Å². The fraction of sp³-hybridized carbons (Fsp3) is 0.909. The van der Waals surface area contributed by atoms with Gasteiger partial charge in [-0.1, -0.05) is 13.3 Å². The SMILES string of the molecule is CCCCNC(=O)CN1CCC[C@H]1CO. The van der Waals surface area contributed by atoms with Crippen molar-refractivity contribution >= 4 is 5.91 Å². The molecular formula is C11H22N2O2. The molecule has 0 aromatic rings. The predicted molar refractivity (Wildman–Crippen MR) is 59.6 cm³/mol. The van der Waals surface area contributed by atoms with Crippen LogP contribution in [0.3, 0.4) is 0 Å². The van der Waals surface area contributed by atoms with E-state index in [0.29, 0.717) is 6.54 Å². The van der Waals surface area contributed by atoms with Gasteiger partial charge in [0.2, 0.25) is 5.91 Å². The number of likely N-dealkylation sites (tertiary alicyclic amines) is 1. The van der Waals surface area contributed by atoms with Gasteiger partial charge in [-0.05, 0) is 25.8 Å². The molecule has 0 aromatic carbocycles. The first-order valence-electron chi connectivity index (χ1n) is 5.89. The summed E-state index contributed by atoms with van der Waals surface area (Å²) < 4.78 is 0. The number of amides is 1. The number of hydrogen-bond acceptors (Lipinski definition) is 3. The molecule has 2 N–H and O–H groups in total. The zero-order valence-electron chi connectivity index (χ0n) is 9.54. The first-order chi connectivity index (χ1) is 7.27. The minimum absolute atomic E-state index is 0.0869. The Bertz CT molecular complexity index is 197. The normalized spacial score (nSPS) is 21.9. The molecule has 0 saturated carbocycles. The molecule has 15 heavy (non-hydrogen) atoms. The van der Waals surface area contributed by atoms with Crippen LogP contribution in [0.2, 0.25) is 0 Å². The van der Waals surface area contributed by atoms with Crippen LogP contribution in [0.1, 0.15) is 32.6 Å². The van der Waals surface area contributed by atoms with Crippen LogP contribution in [0.15, 0.2) is 0 Å². The summed E-state index contributed by atoms with van der Waals surface area (Å²) >= 11 is 0. The number of hydrogen-bond donors (Lipinski definition) is 2. The van der Waals surface area contributed by atoms with Crippen molar-refractivity contribution < 1.29 is 9.90 Å². The highest BCUT2D eigenvalue weighted by molar-refractivity contribution is 5.78. The third-order valence-electron chi connectivity index (χ3n) is 2.91. The maximum absolute atomic E-state index is 11.5. The fourth-order valence-corrected chi connectivity index (χ4v) is 1.96. The Kier molecular flexibility index (Phi) is 5.65. The number of nitrogens with one attached hydrogen (secondary N) is 1. The second-order valence-electron chi connectivity index (χ2n) is 4.15. The molecule has 1 aliphatic heterocycles. The van der Waals surface area contributed by atoms with Crippen LogP contribution < -0.4 is 5.32 Å². The highest BCUT2D eigenvalue weighted by atomic mass is 16.3. The average molecular weight is 214 g/mol. The van der Waals surface area contributed by atoms with Gasteiger partial charge < -0.3 is 10.4 Å². The van der Waals surface area contributed by atoms with E-state index in [2.05, 4.69) is 17.1 Å². The average Bonchev–Trinajstić information content (AvgIpc) is 2.65. The summed E-state index contributed by atoms with van der Waals surface area (Å²) in [5, 5.41) is 12.0. The largest absolute Gasteiger partial charge is 0.395 e. The smallest absolute Gasteiger partial charge is 0.234 e. The summed E-state index contributed by atoms with van der Waals surface area (Å²) in [5.41, 5.74) is 0. The maximum Gasteiger partial charge on any atom is 0.234 e. The van der Waals surface area contributed by atoms with Crippen LogP contribution in [-0.4, -0.2) is 48.2 Å². The van der Waals surface area contributed by atoms with Crippen molar-refractivity contribution in [2.75, 3.05) is 26.2 Å². The van der Waals surface area contributed by atoms with Crippen molar-refractivity contribution in [1.29, 1.82) is 0 Å². The molecule has 1 aliphatic rings. The molecule has 0 unspecified atom stereocenters. The molecule has 0 radical (unpaired) electrons. The fourth-order valence-electron chi connectivity index (χ4n) is 1.96. The number of nitrogens with zero attached hydrogens (tertiary/aromatic N) is 1. The molecule has 0 aliphatic carbocycles. The van der Waals surface area contributed by atoms with E-state index in [4.69, 9.17) is 5.11 Å². The zero-order chi connectivity index (χ0) is 11.1. The summed E-state index contributed by atoms with van der Waals surface area (Å²) in [6.07, 6.45) is 4.24. The van der Waals surface area contributed by atoms with E-state index in [1.807, 2.05) is 0 Å². The van der Waals surface area contributed by atoms with Gasteiger partial charge in [-0.2, -0.15) is 0 Å². The van der Waals surface area contributed by atoms with Crippen LogP contribution in [0.5, 0.6) is 0 Å². The number of carbonyl (C=O) groups excluding carboxylic acids is 1.